The van der Waals surface area contributed by atoms with Gasteiger partial charge in [-0.1, -0.05) is 31.2 Å². The van der Waals surface area contributed by atoms with Gasteiger partial charge in [-0.2, -0.15) is 0 Å². The van der Waals surface area contributed by atoms with Crippen molar-refractivity contribution in [2.24, 2.45) is 5.84 Å². The molecule has 0 aliphatic carbocycles. The molecule has 0 aliphatic rings. The molecule has 0 atom stereocenters. The average molecular weight is 265 g/mol. The van der Waals surface area contributed by atoms with Crippen molar-refractivity contribution in [2.75, 3.05) is 5.43 Å². The summed E-state index contributed by atoms with van der Waals surface area (Å²) >= 11 is 0. The molecule has 0 fully saturated rings. The highest BCUT2D eigenvalue weighted by Gasteiger charge is 2.09. The molecule has 3 N–H and O–H groups in total. The number of hydrogen-bond donors (Lipinski definition) is 2. The molecule has 2 aromatic heterocycles. The van der Waals surface area contributed by atoms with Gasteiger partial charge in [-0.25, -0.2) is 15.8 Å². The molecule has 3 aromatic rings. The van der Waals surface area contributed by atoms with Gasteiger partial charge in [-0.3, -0.25) is 4.98 Å². The van der Waals surface area contributed by atoms with E-state index in [1.165, 1.54) is 0 Å². The molecular formula is C15H15N5. The molecule has 5 nitrogen and oxygen atoms in total. The van der Waals surface area contributed by atoms with Crippen molar-refractivity contribution < 1.29 is 0 Å². The molecule has 1 aromatic carbocycles. The van der Waals surface area contributed by atoms with Gasteiger partial charge in [0.15, 0.2) is 5.82 Å². The number of benzene rings is 1. The fraction of sp³-hybridized carbons (Fsp3) is 0.133. The first-order chi connectivity index (χ1) is 9.81. The molecule has 5 heteroatoms. The highest BCUT2D eigenvalue weighted by atomic mass is 15.3. The summed E-state index contributed by atoms with van der Waals surface area (Å²) in [6.45, 7) is 2.05. The van der Waals surface area contributed by atoms with E-state index in [4.69, 9.17) is 5.84 Å². The number of aryl methyl sites for hydroxylation is 1. The molecule has 100 valence electrons. The first kappa shape index (κ1) is 12.5. The van der Waals surface area contributed by atoms with Crippen LogP contribution in [0, 0.1) is 0 Å². The van der Waals surface area contributed by atoms with E-state index in [0.717, 1.165) is 28.5 Å². The lowest BCUT2D eigenvalue weighted by molar-refractivity contribution is 1.00. The van der Waals surface area contributed by atoms with E-state index in [0.29, 0.717) is 11.6 Å². The largest absolute Gasteiger partial charge is 0.308 e. The summed E-state index contributed by atoms with van der Waals surface area (Å²) in [5.41, 5.74) is 4.44. The zero-order valence-corrected chi connectivity index (χ0v) is 11.2. The van der Waals surface area contributed by atoms with E-state index in [1.807, 2.05) is 43.5 Å². The number of nitrogen functional groups attached to an aromatic ring is 1. The maximum Gasteiger partial charge on any atom is 0.164 e. The molecule has 0 saturated carbocycles. The van der Waals surface area contributed by atoms with Crippen LogP contribution in [0.1, 0.15) is 12.6 Å². The maximum absolute atomic E-state index is 5.48. The third-order valence-corrected chi connectivity index (χ3v) is 3.20. The molecule has 0 spiro atoms. The van der Waals surface area contributed by atoms with E-state index in [9.17, 15) is 0 Å². The van der Waals surface area contributed by atoms with Crippen LogP contribution >= 0.6 is 0 Å². The van der Waals surface area contributed by atoms with Gasteiger partial charge in [0.05, 0.1) is 0 Å². The van der Waals surface area contributed by atoms with Gasteiger partial charge in [0, 0.05) is 35.1 Å². The van der Waals surface area contributed by atoms with Gasteiger partial charge in [0.2, 0.25) is 0 Å². The number of nitrogens with two attached hydrogens (primary N) is 1. The third-order valence-electron chi connectivity index (χ3n) is 3.20. The number of aromatic nitrogens is 3. The van der Waals surface area contributed by atoms with Crippen molar-refractivity contribution in [2.45, 2.75) is 13.3 Å². The second-order valence-corrected chi connectivity index (χ2v) is 4.47. The van der Waals surface area contributed by atoms with Crippen molar-refractivity contribution in [1.29, 1.82) is 0 Å². The summed E-state index contributed by atoms with van der Waals surface area (Å²) in [5.74, 6) is 6.73. The lowest BCUT2D eigenvalue weighted by Crippen LogP contribution is -2.10. The van der Waals surface area contributed by atoms with Crippen LogP contribution in [0.5, 0.6) is 0 Å². The number of fused-ring (bicyclic) bond motifs is 1. The molecule has 2 heterocycles. The first-order valence-corrected chi connectivity index (χ1v) is 6.49. The fourth-order valence-corrected chi connectivity index (χ4v) is 2.17. The summed E-state index contributed by atoms with van der Waals surface area (Å²) in [4.78, 5) is 13.3. The Morgan fingerprint density at radius 3 is 2.80 bits per heavy atom. The molecule has 0 bridgehead atoms. The molecule has 20 heavy (non-hydrogen) atoms. The van der Waals surface area contributed by atoms with Crippen LogP contribution in [0.25, 0.3) is 22.2 Å². The average Bonchev–Trinajstić information content (AvgIpc) is 2.53. The molecule has 0 unspecified atom stereocenters. The van der Waals surface area contributed by atoms with Crippen LogP contribution in [-0.2, 0) is 6.42 Å². The number of nitrogens with one attached hydrogen (secondary N) is 1. The molecule has 0 saturated heterocycles. The van der Waals surface area contributed by atoms with Crippen molar-refractivity contribution in [1.82, 2.24) is 15.0 Å². The van der Waals surface area contributed by atoms with Gasteiger partial charge in [0.25, 0.3) is 0 Å². The highest BCUT2D eigenvalue weighted by molar-refractivity contribution is 5.94. The highest BCUT2D eigenvalue weighted by Crippen LogP contribution is 2.26. The Morgan fingerprint density at radius 1 is 1.15 bits per heavy atom. The quantitative estimate of drug-likeness (QED) is 0.562. The maximum atomic E-state index is 5.48. The Bertz CT molecular complexity index is 727. The number of nitrogens with zero attached hydrogens (tertiary/aromatic N) is 3. The van der Waals surface area contributed by atoms with Gasteiger partial charge < -0.3 is 5.43 Å². The van der Waals surface area contributed by atoms with Crippen molar-refractivity contribution >= 4 is 16.6 Å². The normalized spacial score (nSPS) is 10.7. The standard InChI is InChI=1S/C15H15N5/c1-2-11-7-14(20-16)19-15(18-11)13-9-17-8-10-5-3-4-6-12(10)13/h3-9H,2,16H2,1H3,(H,18,19,20). The Hall–Kier alpha value is -2.53. The van der Waals surface area contributed by atoms with Crippen molar-refractivity contribution in [3.8, 4) is 11.4 Å². The number of pyridine rings is 1. The topological polar surface area (TPSA) is 76.7 Å². The lowest BCUT2D eigenvalue weighted by atomic mass is 10.1. The van der Waals surface area contributed by atoms with Gasteiger partial charge in [-0.05, 0) is 11.8 Å². The summed E-state index contributed by atoms with van der Waals surface area (Å²) < 4.78 is 0. The summed E-state index contributed by atoms with van der Waals surface area (Å²) in [6.07, 6.45) is 4.45. The molecule has 0 aliphatic heterocycles. The van der Waals surface area contributed by atoms with Crippen LogP contribution in [0.4, 0.5) is 5.82 Å². The zero-order chi connectivity index (χ0) is 13.9. The van der Waals surface area contributed by atoms with Crippen LogP contribution in [-0.4, -0.2) is 15.0 Å². The van der Waals surface area contributed by atoms with E-state index >= 15 is 0 Å². The first-order valence-electron chi connectivity index (χ1n) is 6.49. The summed E-state index contributed by atoms with van der Waals surface area (Å²) in [6, 6.07) is 9.91. The van der Waals surface area contributed by atoms with E-state index in [-0.39, 0.29) is 0 Å². The Labute approximate surface area is 116 Å². The Kier molecular flexibility index (Phi) is 3.26. The predicted molar refractivity (Wildman–Crippen MR) is 80.0 cm³/mol. The van der Waals surface area contributed by atoms with Crippen LogP contribution in [0.2, 0.25) is 0 Å². The SMILES string of the molecule is CCc1cc(NN)nc(-c2cncc3ccccc23)n1. The predicted octanol–water partition coefficient (Wildman–Crippen LogP) is 2.54. The van der Waals surface area contributed by atoms with E-state index in [2.05, 4.69) is 20.4 Å². The second-order valence-electron chi connectivity index (χ2n) is 4.47. The molecular weight excluding hydrogens is 250 g/mol. The number of hydrogen-bond acceptors (Lipinski definition) is 5. The van der Waals surface area contributed by atoms with Crippen LogP contribution in [0.3, 0.4) is 0 Å². The third kappa shape index (κ3) is 2.19. The smallest absolute Gasteiger partial charge is 0.164 e. The zero-order valence-electron chi connectivity index (χ0n) is 11.2. The number of anilines is 1. The number of hydrazine groups is 1. The van der Waals surface area contributed by atoms with E-state index < -0.39 is 0 Å². The Morgan fingerprint density at radius 2 is 2.00 bits per heavy atom. The summed E-state index contributed by atoms with van der Waals surface area (Å²) in [5, 5.41) is 2.15. The Balaban J connectivity index is 2.25. The van der Waals surface area contributed by atoms with Crippen LogP contribution < -0.4 is 11.3 Å². The second kappa shape index (κ2) is 5.22. The number of rotatable bonds is 3. The van der Waals surface area contributed by atoms with Gasteiger partial charge in [0.1, 0.15) is 5.82 Å². The minimum atomic E-state index is 0.611. The van der Waals surface area contributed by atoms with Gasteiger partial charge in [-0.15, -0.1) is 0 Å². The van der Waals surface area contributed by atoms with Crippen molar-refractivity contribution in [3.63, 3.8) is 0 Å². The minimum absolute atomic E-state index is 0.611. The molecule has 0 radical (unpaired) electrons. The monoisotopic (exact) mass is 265 g/mol. The minimum Gasteiger partial charge on any atom is -0.308 e. The van der Waals surface area contributed by atoms with Crippen LogP contribution in [0.15, 0.2) is 42.7 Å². The molecule has 3 rings (SSSR count). The fourth-order valence-electron chi connectivity index (χ4n) is 2.17. The van der Waals surface area contributed by atoms with Gasteiger partial charge >= 0.3 is 0 Å². The van der Waals surface area contributed by atoms with Crippen molar-refractivity contribution in [3.05, 3.63) is 48.4 Å². The van der Waals surface area contributed by atoms with E-state index in [1.54, 1.807) is 6.20 Å². The lowest BCUT2D eigenvalue weighted by Gasteiger charge is -2.08. The molecule has 0 amide bonds. The summed E-state index contributed by atoms with van der Waals surface area (Å²) in [7, 11) is 0.